The average Bonchev–Trinajstić information content (AvgIpc) is 3.31. The molecule has 3 aliphatic heterocycles. The van der Waals surface area contributed by atoms with Crippen molar-refractivity contribution in [2.75, 3.05) is 11.9 Å². The van der Waals surface area contributed by atoms with E-state index >= 15 is 0 Å². The molecule has 3 N–H and O–H groups in total. The lowest BCUT2D eigenvalue weighted by molar-refractivity contribution is -0.138. The summed E-state index contributed by atoms with van der Waals surface area (Å²) in [5.74, 6) is -5.09. The van der Waals surface area contributed by atoms with Crippen LogP contribution in [0.15, 0.2) is 65.9 Å². The topological polar surface area (TPSA) is 145 Å². The number of anilines is 1. The third-order valence-electron chi connectivity index (χ3n) is 9.59. The first-order valence-corrected chi connectivity index (χ1v) is 14.6. The molecule has 7 rings (SSSR count). The number of hydrogen-bond donors (Lipinski definition) is 3. The predicted molar refractivity (Wildman–Crippen MR) is 156 cm³/mol. The van der Waals surface area contributed by atoms with Crippen molar-refractivity contribution in [2.45, 2.75) is 29.0 Å². The second-order valence-corrected chi connectivity index (χ2v) is 13.0. The molecule has 0 bridgehead atoms. The van der Waals surface area contributed by atoms with Crippen LogP contribution in [-0.2, 0) is 25.6 Å². The van der Waals surface area contributed by atoms with E-state index in [0.717, 1.165) is 9.80 Å². The van der Waals surface area contributed by atoms with E-state index in [-0.39, 0.29) is 36.2 Å². The highest BCUT2D eigenvalue weighted by Gasteiger charge is 2.76. The fourth-order valence-electron chi connectivity index (χ4n) is 7.63. The Labute approximate surface area is 256 Å². The molecule has 220 valence electrons. The summed E-state index contributed by atoms with van der Waals surface area (Å²) in [6, 6.07) is 10.5. The van der Waals surface area contributed by atoms with Gasteiger partial charge in [0.1, 0.15) is 11.5 Å². The highest BCUT2D eigenvalue weighted by atomic mass is 35.5. The summed E-state index contributed by atoms with van der Waals surface area (Å²) in [5.41, 5.74) is 2.13. The summed E-state index contributed by atoms with van der Waals surface area (Å²) < 4.78 is 5.89. The summed E-state index contributed by atoms with van der Waals surface area (Å²) in [5, 5.41) is 29.4. The molecule has 2 saturated heterocycles. The lowest BCUT2D eigenvalue weighted by atomic mass is 9.56. The Morgan fingerprint density at radius 3 is 2.51 bits per heavy atom. The van der Waals surface area contributed by atoms with Crippen molar-refractivity contribution in [2.24, 2.45) is 23.7 Å². The number of allylic oxidation sites excluding steroid dienone is 3. The van der Waals surface area contributed by atoms with Crippen LogP contribution in [0.3, 0.4) is 0 Å². The number of carbonyl (C=O) groups excluding carboxylic acids is 4. The van der Waals surface area contributed by atoms with E-state index in [1.807, 2.05) is 6.08 Å². The third-order valence-corrected chi connectivity index (χ3v) is 11.0. The lowest BCUT2D eigenvalue weighted by Gasteiger charge is -2.51. The summed E-state index contributed by atoms with van der Waals surface area (Å²) in [7, 11) is -0.473. The molecule has 2 aromatic rings. The van der Waals surface area contributed by atoms with Crippen LogP contribution in [0, 0.1) is 23.7 Å². The zero-order valence-electron chi connectivity index (χ0n) is 22.7. The van der Waals surface area contributed by atoms with Crippen molar-refractivity contribution in [3.63, 3.8) is 0 Å². The number of hydrogen-bond acceptors (Lipinski definition) is 8. The summed E-state index contributed by atoms with van der Waals surface area (Å²) in [4.78, 5) is 53.3. The van der Waals surface area contributed by atoms with Gasteiger partial charge in [0.05, 0.1) is 23.8 Å². The number of ether oxygens (including phenoxy) is 1. The van der Waals surface area contributed by atoms with Gasteiger partial charge in [-0.05, 0) is 60.1 Å². The number of benzene rings is 2. The Morgan fingerprint density at radius 2 is 1.77 bits per heavy atom. The van der Waals surface area contributed by atoms with E-state index in [0.29, 0.717) is 22.5 Å². The summed E-state index contributed by atoms with van der Waals surface area (Å²) >= 11 is 14.4. The number of fused-ring (bicyclic) bond motifs is 5. The molecule has 1 saturated carbocycles. The van der Waals surface area contributed by atoms with Gasteiger partial charge in [0.25, 0.3) is 11.8 Å². The second-order valence-electron chi connectivity index (χ2n) is 11.8. The minimum atomic E-state index is -1.93. The van der Waals surface area contributed by atoms with Crippen molar-refractivity contribution in [1.29, 1.82) is 0 Å². The van der Waals surface area contributed by atoms with Gasteiger partial charge in [0.2, 0.25) is 11.8 Å². The predicted octanol–water partition coefficient (Wildman–Crippen LogP) is 1.62. The number of imide groups is 2. The largest absolute Gasteiger partial charge is 0.508 e. The Morgan fingerprint density at radius 1 is 1.00 bits per heavy atom. The van der Waals surface area contributed by atoms with E-state index in [9.17, 15) is 34.3 Å². The number of phenols is 1. The first kappa shape index (κ1) is 28.2. The molecule has 13 heteroatoms. The molecular formula is C30H25BCl2N2O8. The van der Waals surface area contributed by atoms with Gasteiger partial charge >= 0.3 is 7.12 Å². The van der Waals surface area contributed by atoms with Crippen LogP contribution in [0.2, 0.25) is 0 Å². The molecule has 6 atom stereocenters. The summed E-state index contributed by atoms with van der Waals surface area (Å²) in [6.45, 7) is 0. The molecule has 0 radical (unpaired) electrons. The maximum Gasteiger partial charge on any atom is 0.488 e. The molecule has 5 aliphatic rings. The smallest absolute Gasteiger partial charge is 0.488 e. The highest BCUT2D eigenvalue weighted by Crippen LogP contribution is 2.64. The molecule has 4 amide bonds. The van der Waals surface area contributed by atoms with E-state index in [1.54, 1.807) is 12.1 Å². The van der Waals surface area contributed by atoms with Crippen LogP contribution in [0.1, 0.15) is 18.4 Å². The SMILES string of the molecule is CN1C(=O)C2(Cl)CC3C(=CCC4C(=O)N(c5cccc(B(O)O)c5)C(=O)C43)C(C3=COc4ccc(O)cc4C3)C2(Cl)C1=O. The number of aromatic hydroxyl groups is 1. The summed E-state index contributed by atoms with van der Waals surface area (Å²) in [6.07, 6.45) is 3.58. The zero-order valence-corrected chi connectivity index (χ0v) is 24.2. The van der Waals surface area contributed by atoms with Gasteiger partial charge in [-0.15, -0.1) is 23.2 Å². The molecule has 6 unspecified atom stereocenters. The minimum absolute atomic E-state index is 0.0249. The van der Waals surface area contributed by atoms with Crippen LogP contribution in [0.5, 0.6) is 11.5 Å². The molecule has 3 heterocycles. The van der Waals surface area contributed by atoms with Crippen molar-refractivity contribution < 1.29 is 39.1 Å². The first-order valence-electron chi connectivity index (χ1n) is 13.8. The van der Waals surface area contributed by atoms with Gasteiger partial charge in [-0.2, -0.15) is 0 Å². The Hall–Kier alpha value is -3.64. The molecule has 0 spiro atoms. The number of phenolic OH excluding ortho intramolecular Hbond substituents is 1. The van der Waals surface area contributed by atoms with Crippen LogP contribution >= 0.6 is 23.2 Å². The second kappa shape index (κ2) is 9.43. The Kier molecular flexibility index (Phi) is 6.17. The first-order chi connectivity index (χ1) is 20.4. The average molecular weight is 623 g/mol. The monoisotopic (exact) mass is 622 g/mol. The number of amides is 4. The van der Waals surface area contributed by atoms with Crippen molar-refractivity contribution >= 4 is 65.1 Å². The van der Waals surface area contributed by atoms with Gasteiger partial charge in [-0.1, -0.05) is 23.8 Å². The van der Waals surface area contributed by atoms with E-state index in [2.05, 4.69) is 0 Å². The highest BCUT2D eigenvalue weighted by molar-refractivity contribution is 6.58. The zero-order chi connectivity index (χ0) is 30.6. The van der Waals surface area contributed by atoms with Gasteiger partial charge in [-0.3, -0.25) is 29.0 Å². The molecule has 43 heavy (non-hydrogen) atoms. The van der Waals surface area contributed by atoms with Crippen LogP contribution in [0.4, 0.5) is 5.69 Å². The molecule has 0 aromatic heterocycles. The molecule has 2 aliphatic carbocycles. The van der Waals surface area contributed by atoms with Crippen LogP contribution in [0.25, 0.3) is 0 Å². The third kappa shape index (κ3) is 3.68. The standard InChI is InChI=1S/C30H25BCl2N2O8/c1-34-27(39)29(32)12-21-19(24(30(29,33)28(34)40)15-9-14-10-18(36)5-8-22(14)43-13-15)6-7-20-23(21)26(38)35(25(20)37)17-4-2-3-16(11-17)31(41)42/h2-6,8,10-11,13,20-21,23-24,36,41-42H,7,9,12H2,1H3. The number of alkyl halides is 2. The molecule has 10 nitrogen and oxygen atoms in total. The fraction of sp³-hybridized carbons (Fsp3) is 0.333. The number of halogens is 2. The van der Waals surface area contributed by atoms with E-state index in [4.69, 9.17) is 27.9 Å². The normalized spacial score (nSPS) is 32.9. The molecular weight excluding hydrogens is 598 g/mol. The van der Waals surface area contributed by atoms with E-state index < -0.39 is 64.2 Å². The number of likely N-dealkylation sites (tertiary alicyclic amines) is 1. The molecule has 3 fully saturated rings. The maximum absolute atomic E-state index is 14.1. The van der Waals surface area contributed by atoms with Gasteiger partial charge in [0.15, 0.2) is 9.75 Å². The quantitative estimate of drug-likeness (QED) is 0.203. The van der Waals surface area contributed by atoms with Gasteiger partial charge in [0, 0.05) is 24.9 Å². The Bertz CT molecular complexity index is 1710. The number of rotatable bonds is 3. The van der Waals surface area contributed by atoms with E-state index in [1.165, 1.54) is 43.6 Å². The van der Waals surface area contributed by atoms with Crippen LogP contribution in [-0.4, -0.2) is 67.6 Å². The fourth-order valence-corrected chi connectivity index (χ4v) is 8.67. The van der Waals surface area contributed by atoms with Crippen molar-refractivity contribution in [1.82, 2.24) is 4.90 Å². The Balaban J connectivity index is 1.34. The van der Waals surface area contributed by atoms with Crippen LogP contribution < -0.4 is 15.1 Å². The number of carbonyl (C=O) groups is 4. The van der Waals surface area contributed by atoms with Crippen molar-refractivity contribution in [3.8, 4) is 11.5 Å². The van der Waals surface area contributed by atoms with Gasteiger partial charge in [-0.25, -0.2) is 0 Å². The van der Waals surface area contributed by atoms with Crippen molar-refractivity contribution in [3.05, 3.63) is 71.5 Å². The van der Waals surface area contributed by atoms with Gasteiger partial charge < -0.3 is 19.9 Å². The minimum Gasteiger partial charge on any atom is -0.508 e. The lowest BCUT2D eigenvalue weighted by Crippen LogP contribution is -2.61. The maximum atomic E-state index is 14.1. The molecule has 2 aromatic carbocycles. The number of nitrogens with zero attached hydrogens (tertiary/aromatic N) is 2.